The van der Waals surface area contributed by atoms with Crippen molar-refractivity contribution in [3.63, 3.8) is 0 Å². The molecule has 0 aliphatic rings. The summed E-state index contributed by atoms with van der Waals surface area (Å²) in [5.41, 5.74) is 1.48. The lowest BCUT2D eigenvalue weighted by molar-refractivity contribution is -0.139. The number of benzene rings is 2. The molecule has 0 aromatic heterocycles. The van der Waals surface area contributed by atoms with Gasteiger partial charge in [0.15, 0.2) is 0 Å². The van der Waals surface area contributed by atoms with Crippen molar-refractivity contribution in [3.8, 4) is 0 Å². The first-order valence-corrected chi connectivity index (χ1v) is 13.1. The number of hydrogen-bond acceptors (Lipinski definition) is 4. The van der Waals surface area contributed by atoms with Crippen molar-refractivity contribution < 1.29 is 18.0 Å². The average Bonchev–Trinajstić information content (AvgIpc) is 2.70. The molecule has 0 aliphatic heterocycles. The van der Waals surface area contributed by atoms with Crippen LogP contribution in [0.4, 0.5) is 5.69 Å². The third-order valence-electron chi connectivity index (χ3n) is 4.98. The largest absolute Gasteiger partial charge is 0.355 e. The molecule has 2 rings (SSSR count). The number of likely N-dealkylation sites (N-methyl/N-ethyl adjacent to an activating group) is 1. The van der Waals surface area contributed by atoms with Gasteiger partial charge in [0.25, 0.3) is 0 Å². The molecule has 180 valence electrons. The summed E-state index contributed by atoms with van der Waals surface area (Å²) in [6, 6.07) is 8.65. The maximum Gasteiger partial charge on any atom is 0.244 e. The molecular formula is C22H26Cl3N3O4S. The van der Waals surface area contributed by atoms with Crippen LogP contribution in [0.25, 0.3) is 0 Å². The summed E-state index contributed by atoms with van der Waals surface area (Å²) >= 11 is 18.3. The van der Waals surface area contributed by atoms with Crippen LogP contribution in [0.5, 0.6) is 0 Å². The number of carbonyl (C=O) groups excluding carboxylic acids is 2. The molecule has 0 bridgehead atoms. The van der Waals surface area contributed by atoms with Crippen LogP contribution in [0.15, 0.2) is 36.4 Å². The van der Waals surface area contributed by atoms with E-state index < -0.39 is 28.5 Å². The van der Waals surface area contributed by atoms with E-state index in [9.17, 15) is 18.0 Å². The Hall–Kier alpha value is -2.00. The Morgan fingerprint density at radius 3 is 2.21 bits per heavy atom. The second-order valence-electron chi connectivity index (χ2n) is 7.53. The van der Waals surface area contributed by atoms with Gasteiger partial charge in [0, 0.05) is 28.2 Å². The lowest BCUT2D eigenvalue weighted by Crippen LogP contribution is -2.51. The van der Waals surface area contributed by atoms with Gasteiger partial charge in [0.05, 0.1) is 11.9 Å². The smallest absolute Gasteiger partial charge is 0.244 e. The predicted octanol–water partition coefficient (Wildman–Crippen LogP) is 4.27. The molecule has 0 unspecified atom stereocenters. The van der Waals surface area contributed by atoms with Gasteiger partial charge in [0.2, 0.25) is 21.8 Å². The minimum atomic E-state index is -3.83. The molecule has 0 fully saturated rings. The number of amides is 2. The van der Waals surface area contributed by atoms with E-state index in [1.807, 2.05) is 0 Å². The molecule has 0 aliphatic carbocycles. The summed E-state index contributed by atoms with van der Waals surface area (Å²) in [5, 5.41) is 3.89. The average molecular weight is 535 g/mol. The molecule has 7 nitrogen and oxygen atoms in total. The number of rotatable bonds is 9. The molecule has 2 amide bonds. The standard InChI is InChI=1S/C22H26Cl3N3O4S/c1-5-26-22(30)15(3)27(12-16-6-7-18(24)11-19(16)25)21(29)13-28(33(4,31)32)20-9-8-17(23)10-14(20)2/h6-11,15H,5,12-13H2,1-4H3,(H,26,30)/t15-/m0/s1. The lowest BCUT2D eigenvalue weighted by atomic mass is 10.1. The molecule has 0 heterocycles. The highest BCUT2D eigenvalue weighted by atomic mass is 35.5. The summed E-state index contributed by atoms with van der Waals surface area (Å²) in [5.74, 6) is -0.941. The number of anilines is 1. The first kappa shape index (κ1) is 27.2. The van der Waals surface area contributed by atoms with E-state index in [-0.39, 0.29) is 12.5 Å². The van der Waals surface area contributed by atoms with Gasteiger partial charge in [-0.05, 0) is 62.2 Å². The van der Waals surface area contributed by atoms with Crippen LogP contribution in [0.1, 0.15) is 25.0 Å². The maximum atomic E-state index is 13.4. The highest BCUT2D eigenvalue weighted by molar-refractivity contribution is 7.92. The van der Waals surface area contributed by atoms with Crippen LogP contribution in [-0.4, -0.2) is 50.5 Å². The zero-order chi connectivity index (χ0) is 24.9. The molecule has 0 spiro atoms. The van der Waals surface area contributed by atoms with E-state index in [0.29, 0.717) is 38.4 Å². The summed E-state index contributed by atoms with van der Waals surface area (Å²) < 4.78 is 26.2. The van der Waals surface area contributed by atoms with Gasteiger partial charge in [-0.3, -0.25) is 13.9 Å². The summed E-state index contributed by atoms with van der Waals surface area (Å²) in [7, 11) is -3.83. The maximum absolute atomic E-state index is 13.4. The van der Waals surface area contributed by atoms with Crippen molar-refractivity contribution in [2.24, 2.45) is 0 Å². The molecule has 0 radical (unpaired) electrons. The normalized spacial score (nSPS) is 12.2. The van der Waals surface area contributed by atoms with E-state index in [2.05, 4.69) is 5.32 Å². The van der Waals surface area contributed by atoms with Crippen molar-refractivity contribution in [2.45, 2.75) is 33.4 Å². The molecule has 0 saturated carbocycles. The molecule has 0 saturated heterocycles. The SMILES string of the molecule is CCNC(=O)[C@H](C)N(Cc1ccc(Cl)cc1Cl)C(=O)CN(c1ccc(Cl)cc1C)S(C)(=O)=O. The lowest BCUT2D eigenvalue weighted by Gasteiger charge is -2.32. The minimum absolute atomic E-state index is 0.00958. The Balaban J connectivity index is 2.45. The molecule has 1 atom stereocenters. The van der Waals surface area contributed by atoms with Crippen molar-refractivity contribution in [2.75, 3.05) is 23.7 Å². The van der Waals surface area contributed by atoms with Crippen LogP contribution in [0, 0.1) is 6.92 Å². The zero-order valence-electron chi connectivity index (χ0n) is 18.7. The summed E-state index contributed by atoms with van der Waals surface area (Å²) in [6.07, 6.45) is 1.02. The zero-order valence-corrected chi connectivity index (χ0v) is 21.8. The van der Waals surface area contributed by atoms with Gasteiger partial charge >= 0.3 is 0 Å². The van der Waals surface area contributed by atoms with E-state index in [1.54, 1.807) is 51.1 Å². The van der Waals surface area contributed by atoms with Crippen molar-refractivity contribution >= 4 is 62.3 Å². The van der Waals surface area contributed by atoms with Crippen LogP contribution in [0.2, 0.25) is 15.1 Å². The predicted molar refractivity (Wildman–Crippen MR) is 134 cm³/mol. The number of aryl methyl sites for hydroxylation is 1. The third-order valence-corrected chi connectivity index (χ3v) is 6.93. The van der Waals surface area contributed by atoms with Gasteiger partial charge in [-0.1, -0.05) is 40.9 Å². The molecule has 33 heavy (non-hydrogen) atoms. The van der Waals surface area contributed by atoms with Crippen LogP contribution in [0.3, 0.4) is 0 Å². The van der Waals surface area contributed by atoms with Crippen LogP contribution in [-0.2, 0) is 26.2 Å². The Bertz CT molecular complexity index is 1140. The van der Waals surface area contributed by atoms with E-state index in [1.165, 1.54) is 11.0 Å². The van der Waals surface area contributed by atoms with Gasteiger partial charge in [-0.15, -0.1) is 0 Å². The molecule has 2 aromatic rings. The van der Waals surface area contributed by atoms with Crippen LogP contribution >= 0.6 is 34.8 Å². The van der Waals surface area contributed by atoms with E-state index in [0.717, 1.165) is 10.6 Å². The third kappa shape index (κ3) is 7.24. The molecule has 11 heteroatoms. The Labute approximate surface area is 209 Å². The van der Waals surface area contributed by atoms with Crippen LogP contribution < -0.4 is 9.62 Å². The molecule has 2 aromatic carbocycles. The quantitative estimate of drug-likeness (QED) is 0.520. The van der Waals surface area contributed by atoms with Gasteiger partial charge in [-0.2, -0.15) is 0 Å². The second-order valence-corrected chi connectivity index (χ2v) is 10.7. The fourth-order valence-electron chi connectivity index (χ4n) is 3.23. The number of carbonyl (C=O) groups is 2. The number of hydrogen-bond donors (Lipinski definition) is 1. The van der Waals surface area contributed by atoms with Crippen molar-refractivity contribution in [1.82, 2.24) is 10.2 Å². The Morgan fingerprint density at radius 1 is 1.06 bits per heavy atom. The van der Waals surface area contributed by atoms with E-state index >= 15 is 0 Å². The second kappa shape index (κ2) is 11.4. The monoisotopic (exact) mass is 533 g/mol. The highest BCUT2D eigenvalue weighted by Crippen LogP contribution is 2.27. The van der Waals surface area contributed by atoms with E-state index in [4.69, 9.17) is 34.8 Å². The Kier molecular flexibility index (Phi) is 9.43. The topological polar surface area (TPSA) is 86.8 Å². The summed E-state index contributed by atoms with van der Waals surface area (Å²) in [6.45, 7) is 4.91. The summed E-state index contributed by atoms with van der Waals surface area (Å²) in [4.78, 5) is 27.3. The minimum Gasteiger partial charge on any atom is -0.355 e. The van der Waals surface area contributed by atoms with Gasteiger partial charge in [0.1, 0.15) is 12.6 Å². The highest BCUT2D eigenvalue weighted by Gasteiger charge is 2.30. The van der Waals surface area contributed by atoms with Gasteiger partial charge < -0.3 is 10.2 Å². The molecular weight excluding hydrogens is 509 g/mol. The number of sulfonamides is 1. The first-order valence-electron chi connectivity index (χ1n) is 10.1. The number of nitrogens with one attached hydrogen (secondary N) is 1. The first-order chi connectivity index (χ1) is 15.3. The van der Waals surface area contributed by atoms with Crippen molar-refractivity contribution in [3.05, 3.63) is 62.6 Å². The Morgan fingerprint density at radius 2 is 1.67 bits per heavy atom. The number of nitrogens with zero attached hydrogens (tertiary/aromatic N) is 2. The van der Waals surface area contributed by atoms with Gasteiger partial charge in [-0.25, -0.2) is 8.42 Å². The van der Waals surface area contributed by atoms with Crippen molar-refractivity contribution in [1.29, 1.82) is 0 Å². The molecule has 1 N–H and O–H groups in total. The number of halogens is 3. The fourth-order valence-corrected chi connectivity index (χ4v) is 4.83. The fraction of sp³-hybridized carbons (Fsp3) is 0.364.